The van der Waals surface area contributed by atoms with Gasteiger partial charge in [0.2, 0.25) is 5.95 Å². The van der Waals surface area contributed by atoms with Crippen LogP contribution in [0.15, 0.2) is 23.0 Å². The van der Waals surface area contributed by atoms with E-state index in [0.29, 0.717) is 12.2 Å². The molecule has 7 nitrogen and oxygen atoms in total. The molecule has 1 saturated heterocycles. The fourth-order valence-corrected chi connectivity index (χ4v) is 2.73. The van der Waals surface area contributed by atoms with E-state index in [1.54, 1.807) is 0 Å². The van der Waals surface area contributed by atoms with Crippen LogP contribution in [0.1, 0.15) is 12.0 Å². The number of anilines is 1. The van der Waals surface area contributed by atoms with Crippen LogP contribution in [0.3, 0.4) is 0 Å². The third-order valence-corrected chi connectivity index (χ3v) is 4.17. The Morgan fingerprint density at radius 3 is 2.81 bits per heavy atom. The minimum atomic E-state index is -0.980. The minimum Gasteiger partial charge on any atom is -0.376 e. The summed E-state index contributed by atoms with van der Waals surface area (Å²) in [4.78, 5) is 18.8. The molecule has 1 fully saturated rings. The average molecular weight is 365 g/mol. The van der Waals surface area contributed by atoms with Crippen molar-refractivity contribution in [3.63, 3.8) is 0 Å². The van der Waals surface area contributed by atoms with E-state index in [9.17, 15) is 18.0 Å². The molecule has 0 aliphatic carbocycles. The van der Waals surface area contributed by atoms with Crippen molar-refractivity contribution in [1.29, 1.82) is 0 Å². The molecule has 1 atom stereocenters. The van der Waals surface area contributed by atoms with Crippen molar-refractivity contribution >= 4 is 17.0 Å². The molecule has 1 aliphatic heterocycles. The molecule has 0 spiro atoms. The molecule has 0 bridgehead atoms. The van der Waals surface area contributed by atoms with Gasteiger partial charge in [-0.15, -0.1) is 5.10 Å². The third-order valence-electron chi connectivity index (χ3n) is 4.17. The van der Waals surface area contributed by atoms with Crippen LogP contribution in [0.5, 0.6) is 0 Å². The molecule has 2 aromatic heterocycles. The maximum atomic E-state index is 14.1. The van der Waals surface area contributed by atoms with E-state index in [2.05, 4.69) is 20.4 Å². The van der Waals surface area contributed by atoms with Gasteiger partial charge in [0, 0.05) is 13.2 Å². The number of rotatable bonds is 5. The highest BCUT2D eigenvalue weighted by Gasteiger charge is 2.23. The molecule has 0 amide bonds. The Morgan fingerprint density at radius 1 is 1.31 bits per heavy atom. The summed E-state index contributed by atoms with van der Waals surface area (Å²) in [7, 11) is 0. The lowest BCUT2D eigenvalue weighted by Crippen LogP contribution is -2.32. The van der Waals surface area contributed by atoms with Crippen molar-refractivity contribution in [3.05, 3.63) is 51.7 Å². The van der Waals surface area contributed by atoms with Crippen LogP contribution in [0.25, 0.3) is 11.0 Å². The van der Waals surface area contributed by atoms with Crippen molar-refractivity contribution in [2.24, 2.45) is 0 Å². The molecule has 0 saturated carbocycles. The van der Waals surface area contributed by atoms with Crippen LogP contribution in [0, 0.1) is 17.6 Å². The molecule has 2 N–H and O–H groups in total. The van der Waals surface area contributed by atoms with Crippen molar-refractivity contribution in [2.45, 2.75) is 25.6 Å². The fourth-order valence-electron chi connectivity index (χ4n) is 2.73. The van der Waals surface area contributed by atoms with E-state index >= 15 is 0 Å². The number of nitrogens with zero attached hydrogens (tertiary/aromatic N) is 3. The number of fused-ring (bicyclic) bond motifs is 1. The lowest BCUT2D eigenvalue weighted by atomic mass is 10.2. The number of benzene rings is 1. The standard InChI is InChI=1S/C16H14F3N5O2/c17-10-2-1-8(5-11(10)18)6-20-16-21-12-13(15(25)22-16)24(23-14(12)19)7-9-3-4-26-9/h1-2,5,9H,3-4,6-7H2,(H2,20,21,22,25). The van der Waals surface area contributed by atoms with Crippen molar-refractivity contribution in [2.75, 3.05) is 11.9 Å². The zero-order valence-electron chi connectivity index (χ0n) is 13.4. The Balaban J connectivity index is 1.59. The number of hydrogen-bond acceptors (Lipinski definition) is 5. The van der Waals surface area contributed by atoms with E-state index in [1.807, 2.05) is 0 Å². The molecule has 1 unspecified atom stereocenters. The summed E-state index contributed by atoms with van der Waals surface area (Å²) in [6.45, 7) is 0.975. The number of H-pyrrole nitrogens is 1. The van der Waals surface area contributed by atoms with Gasteiger partial charge in [-0.05, 0) is 24.1 Å². The first-order valence-corrected chi connectivity index (χ1v) is 7.97. The number of aromatic amines is 1. The Bertz CT molecular complexity index is 1030. The first-order valence-electron chi connectivity index (χ1n) is 7.97. The van der Waals surface area contributed by atoms with Crippen LogP contribution < -0.4 is 10.9 Å². The Kier molecular flexibility index (Phi) is 4.11. The van der Waals surface area contributed by atoms with E-state index < -0.39 is 23.1 Å². The van der Waals surface area contributed by atoms with E-state index in [1.165, 1.54) is 10.7 Å². The molecule has 3 aromatic rings. The summed E-state index contributed by atoms with van der Waals surface area (Å²) in [5.74, 6) is -2.79. The van der Waals surface area contributed by atoms with Gasteiger partial charge in [-0.2, -0.15) is 4.39 Å². The van der Waals surface area contributed by atoms with Gasteiger partial charge >= 0.3 is 0 Å². The zero-order valence-corrected chi connectivity index (χ0v) is 13.4. The molecule has 26 heavy (non-hydrogen) atoms. The molecule has 4 rings (SSSR count). The lowest BCUT2D eigenvalue weighted by Gasteiger charge is -2.26. The SMILES string of the molecule is O=c1[nH]c(NCc2ccc(F)c(F)c2)nc2c(F)nn(CC3CCO3)c12. The van der Waals surface area contributed by atoms with Gasteiger partial charge in [-0.3, -0.25) is 14.5 Å². The number of halogens is 3. The Labute approximate surface area is 144 Å². The third kappa shape index (κ3) is 3.03. The first-order chi connectivity index (χ1) is 12.5. The lowest BCUT2D eigenvalue weighted by molar-refractivity contribution is -0.0604. The maximum absolute atomic E-state index is 14.1. The van der Waals surface area contributed by atoms with E-state index in [0.717, 1.165) is 18.6 Å². The van der Waals surface area contributed by atoms with Crippen molar-refractivity contribution < 1.29 is 17.9 Å². The highest BCUT2D eigenvalue weighted by Crippen LogP contribution is 2.18. The van der Waals surface area contributed by atoms with Crippen molar-refractivity contribution in [3.8, 4) is 0 Å². The van der Waals surface area contributed by atoms with E-state index in [-0.39, 0.29) is 36.2 Å². The molecule has 0 radical (unpaired) electrons. The molecule has 3 heterocycles. The number of aromatic nitrogens is 4. The maximum Gasteiger partial charge on any atom is 0.278 e. The topological polar surface area (TPSA) is 84.8 Å². The number of ether oxygens (including phenoxy) is 1. The van der Waals surface area contributed by atoms with E-state index in [4.69, 9.17) is 4.74 Å². The summed E-state index contributed by atoms with van der Waals surface area (Å²) in [6, 6.07) is 3.41. The van der Waals surface area contributed by atoms with Crippen LogP contribution in [0.2, 0.25) is 0 Å². The summed E-state index contributed by atoms with van der Waals surface area (Å²) < 4.78 is 46.8. The summed E-state index contributed by atoms with van der Waals surface area (Å²) >= 11 is 0. The normalized spacial score (nSPS) is 16.7. The van der Waals surface area contributed by atoms with Crippen LogP contribution >= 0.6 is 0 Å². The van der Waals surface area contributed by atoms with Crippen LogP contribution in [-0.4, -0.2) is 32.5 Å². The predicted octanol–water partition coefficient (Wildman–Crippen LogP) is 1.94. The molecule has 1 aromatic carbocycles. The second-order valence-corrected chi connectivity index (χ2v) is 5.97. The highest BCUT2D eigenvalue weighted by molar-refractivity contribution is 5.74. The average Bonchev–Trinajstić information content (AvgIpc) is 2.89. The van der Waals surface area contributed by atoms with Gasteiger partial charge in [0.05, 0.1) is 12.6 Å². The van der Waals surface area contributed by atoms with Crippen LogP contribution in [-0.2, 0) is 17.8 Å². The fraction of sp³-hybridized carbons (Fsp3) is 0.312. The predicted molar refractivity (Wildman–Crippen MR) is 86.1 cm³/mol. The zero-order chi connectivity index (χ0) is 18.3. The molecule has 136 valence electrons. The van der Waals surface area contributed by atoms with Gasteiger partial charge < -0.3 is 10.1 Å². The number of hydrogen-bond donors (Lipinski definition) is 2. The quantitative estimate of drug-likeness (QED) is 0.722. The Hall–Kier alpha value is -2.88. The summed E-state index contributed by atoms with van der Waals surface area (Å²) in [5, 5.41) is 6.48. The first kappa shape index (κ1) is 16.6. The van der Waals surface area contributed by atoms with Gasteiger partial charge in [0.25, 0.3) is 11.5 Å². The van der Waals surface area contributed by atoms with Gasteiger partial charge in [-0.25, -0.2) is 13.8 Å². The summed E-state index contributed by atoms with van der Waals surface area (Å²) in [5.41, 5.74) is -0.263. The number of nitrogens with one attached hydrogen (secondary N) is 2. The smallest absolute Gasteiger partial charge is 0.278 e. The Morgan fingerprint density at radius 2 is 2.12 bits per heavy atom. The molecule has 1 aliphatic rings. The highest BCUT2D eigenvalue weighted by atomic mass is 19.2. The monoisotopic (exact) mass is 365 g/mol. The molecule has 10 heteroatoms. The van der Waals surface area contributed by atoms with Gasteiger partial charge in [0.15, 0.2) is 22.7 Å². The second kappa shape index (κ2) is 6.45. The molecular formula is C16H14F3N5O2. The largest absolute Gasteiger partial charge is 0.376 e. The minimum absolute atomic E-state index is 0.00516. The van der Waals surface area contributed by atoms with Gasteiger partial charge in [-0.1, -0.05) is 6.07 Å². The van der Waals surface area contributed by atoms with Crippen LogP contribution in [0.4, 0.5) is 19.1 Å². The van der Waals surface area contributed by atoms with Crippen molar-refractivity contribution in [1.82, 2.24) is 19.7 Å². The summed E-state index contributed by atoms with van der Waals surface area (Å²) in [6.07, 6.45) is 0.727. The molecular weight excluding hydrogens is 351 g/mol. The second-order valence-electron chi connectivity index (χ2n) is 5.97. The van der Waals surface area contributed by atoms with Gasteiger partial charge in [0.1, 0.15) is 0 Å².